The van der Waals surface area contributed by atoms with Crippen molar-refractivity contribution in [1.29, 1.82) is 0 Å². The van der Waals surface area contributed by atoms with Crippen LogP contribution in [0.2, 0.25) is 0 Å². The minimum atomic E-state index is -1.33. The number of benzene rings is 4. The fourth-order valence-corrected chi connectivity index (χ4v) is 4.16. The number of ketones is 4. The molecule has 0 aromatic heterocycles. The molecular weight excluding hydrogens is 700 g/mol. The summed E-state index contributed by atoms with van der Waals surface area (Å²) in [5.74, 6) is -4.25. The highest BCUT2D eigenvalue weighted by Crippen LogP contribution is 2.11. The van der Waals surface area contributed by atoms with Crippen molar-refractivity contribution < 1.29 is 38.4 Å². The van der Waals surface area contributed by atoms with Gasteiger partial charge >= 0.3 is 0 Å². The number of halogens is 1. The van der Waals surface area contributed by atoms with E-state index in [2.05, 4.69) is 21.3 Å². The third-order valence-electron chi connectivity index (χ3n) is 6.19. The maximum Gasteiger partial charge on any atom is 0.242 e. The Labute approximate surface area is 313 Å². The van der Waals surface area contributed by atoms with Gasteiger partial charge in [-0.25, -0.2) is 0 Å². The Morgan fingerprint density at radius 1 is 0.472 bits per heavy atom. The van der Waals surface area contributed by atoms with E-state index in [0.717, 1.165) is 5.69 Å². The maximum atomic E-state index is 11.7. The summed E-state index contributed by atoms with van der Waals surface area (Å²) in [6.45, 7) is 5.47. The van der Waals surface area contributed by atoms with Gasteiger partial charge in [0, 0.05) is 29.7 Å². The number of hydrogen-bond donors (Lipinski definition) is 4. The highest BCUT2D eigenvalue weighted by atomic mass is 35.5. The second-order valence-electron chi connectivity index (χ2n) is 11.1. The van der Waals surface area contributed by atoms with E-state index in [9.17, 15) is 38.4 Å². The molecule has 4 aromatic rings. The summed E-state index contributed by atoms with van der Waals surface area (Å²) in [6.07, 6.45) is -0.121. The number of amides is 4. The van der Waals surface area contributed by atoms with E-state index in [-0.39, 0.29) is 48.0 Å². The Morgan fingerprint density at radius 2 is 0.774 bits per heavy atom. The molecule has 4 amide bonds. The molecule has 1 atom stereocenters. The molecule has 53 heavy (non-hydrogen) atoms. The van der Waals surface area contributed by atoms with Gasteiger partial charge in [-0.15, -0.1) is 11.6 Å². The standard InChI is InChI=1S/C12H12ClNO3.2C10H11NO2.C8H9NO/c1-8(15)11(10(16)7-13)12(17)14-9-5-3-2-4-6-9;2*1-8(12)7-10(13)11-9-5-3-2-4-6-9;1-7(10)9-8-5-3-2-4-6-8/h2-6,11H,7H2,1H3,(H,14,17);2*2-6H,7H2,1H3,(H,11,13);2-6H,1H3,(H,9,10). The second-order valence-corrected chi connectivity index (χ2v) is 11.4. The summed E-state index contributed by atoms with van der Waals surface area (Å²) < 4.78 is 0. The number of para-hydroxylation sites is 4. The SMILES string of the molecule is CC(=O)C(C(=O)CCl)C(=O)Nc1ccccc1.CC(=O)CC(=O)Nc1ccccc1.CC(=O)CC(=O)Nc1ccccc1.CC(=O)Nc1ccccc1. The van der Waals surface area contributed by atoms with Crippen LogP contribution in [0.4, 0.5) is 22.7 Å². The minimum Gasteiger partial charge on any atom is -0.326 e. The van der Waals surface area contributed by atoms with E-state index in [1.165, 1.54) is 27.7 Å². The van der Waals surface area contributed by atoms with Gasteiger partial charge in [-0.1, -0.05) is 72.8 Å². The number of Topliss-reactive ketones (excluding diaryl/α,β-unsaturated/α-hetero) is 4. The topological polar surface area (TPSA) is 185 Å². The summed E-state index contributed by atoms with van der Waals surface area (Å²) in [5, 5.41) is 10.4. The van der Waals surface area contributed by atoms with Crippen molar-refractivity contribution in [2.75, 3.05) is 27.1 Å². The van der Waals surface area contributed by atoms with Crippen LogP contribution in [0, 0.1) is 5.92 Å². The van der Waals surface area contributed by atoms with E-state index in [1.54, 1.807) is 54.6 Å². The smallest absolute Gasteiger partial charge is 0.242 e. The molecule has 0 saturated heterocycles. The Morgan fingerprint density at radius 3 is 1.04 bits per heavy atom. The van der Waals surface area contributed by atoms with E-state index in [1.807, 2.05) is 66.7 Å². The molecule has 4 rings (SSSR count). The first-order valence-corrected chi connectivity index (χ1v) is 16.7. The first-order chi connectivity index (χ1) is 25.2. The van der Waals surface area contributed by atoms with Crippen molar-refractivity contribution in [2.45, 2.75) is 40.5 Å². The van der Waals surface area contributed by atoms with Crippen molar-refractivity contribution in [1.82, 2.24) is 0 Å². The molecule has 0 spiro atoms. The lowest BCUT2D eigenvalue weighted by Crippen LogP contribution is -2.35. The van der Waals surface area contributed by atoms with E-state index < -0.39 is 23.4 Å². The second kappa shape index (κ2) is 25.6. The fraction of sp³-hybridized carbons (Fsp3) is 0.200. The summed E-state index contributed by atoms with van der Waals surface area (Å²) in [7, 11) is 0. The van der Waals surface area contributed by atoms with Crippen molar-refractivity contribution in [2.24, 2.45) is 5.92 Å². The molecule has 0 aliphatic carbocycles. The van der Waals surface area contributed by atoms with Crippen molar-refractivity contribution in [3.8, 4) is 0 Å². The zero-order chi connectivity index (χ0) is 39.6. The van der Waals surface area contributed by atoms with Crippen LogP contribution < -0.4 is 21.3 Å². The Balaban J connectivity index is 0.000000359. The molecule has 0 heterocycles. The van der Waals surface area contributed by atoms with Gasteiger partial charge in [0.1, 0.15) is 17.3 Å². The number of anilines is 4. The average molecular weight is 743 g/mol. The van der Waals surface area contributed by atoms with Gasteiger partial charge in [0.05, 0.1) is 18.7 Å². The molecule has 4 aromatic carbocycles. The molecule has 0 fully saturated rings. The summed E-state index contributed by atoms with van der Waals surface area (Å²) in [5.41, 5.74) is 2.81. The van der Waals surface area contributed by atoms with Crippen LogP contribution in [-0.2, 0) is 38.4 Å². The lowest BCUT2D eigenvalue weighted by atomic mass is 10.00. The average Bonchev–Trinajstić information content (AvgIpc) is 3.10. The molecule has 0 aliphatic rings. The molecule has 1 unspecified atom stereocenters. The van der Waals surface area contributed by atoms with Gasteiger partial charge in [-0.05, 0) is 69.3 Å². The van der Waals surface area contributed by atoms with Gasteiger partial charge in [0.25, 0.3) is 0 Å². The zero-order valence-electron chi connectivity index (χ0n) is 29.9. The first-order valence-electron chi connectivity index (χ1n) is 16.2. The number of alkyl halides is 1. The van der Waals surface area contributed by atoms with E-state index >= 15 is 0 Å². The lowest BCUT2D eigenvalue weighted by molar-refractivity contribution is -0.137. The first kappa shape index (κ1) is 44.8. The summed E-state index contributed by atoms with van der Waals surface area (Å²) in [6, 6.07) is 36.1. The highest BCUT2D eigenvalue weighted by molar-refractivity contribution is 6.34. The normalized spacial score (nSPS) is 9.98. The molecule has 13 heteroatoms. The highest BCUT2D eigenvalue weighted by Gasteiger charge is 2.30. The zero-order valence-corrected chi connectivity index (χ0v) is 30.6. The van der Waals surface area contributed by atoms with Gasteiger partial charge in [0.15, 0.2) is 11.7 Å². The minimum absolute atomic E-state index is 0.0359. The van der Waals surface area contributed by atoms with Gasteiger partial charge in [-0.2, -0.15) is 0 Å². The van der Waals surface area contributed by atoms with Gasteiger partial charge in [0.2, 0.25) is 23.6 Å². The number of hydrogen-bond acceptors (Lipinski definition) is 8. The van der Waals surface area contributed by atoms with E-state index in [0.29, 0.717) is 17.1 Å². The van der Waals surface area contributed by atoms with Gasteiger partial charge < -0.3 is 21.3 Å². The van der Waals surface area contributed by atoms with Crippen LogP contribution in [0.25, 0.3) is 0 Å². The molecule has 12 nitrogen and oxygen atoms in total. The van der Waals surface area contributed by atoms with Crippen LogP contribution in [0.1, 0.15) is 40.5 Å². The summed E-state index contributed by atoms with van der Waals surface area (Å²) >= 11 is 5.36. The number of carbonyl (C=O) groups excluding carboxylic acids is 8. The van der Waals surface area contributed by atoms with Crippen LogP contribution in [0.5, 0.6) is 0 Å². The number of carbonyl (C=O) groups is 8. The molecule has 0 radical (unpaired) electrons. The molecule has 0 bridgehead atoms. The van der Waals surface area contributed by atoms with Crippen LogP contribution in [0.15, 0.2) is 121 Å². The molecule has 278 valence electrons. The lowest BCUT2D eigenvalue weighted by Gasteiger charge is -2.11. The number of nitrogens with one attached hydrogen (secondary N) is 4. The Bertz CT molecular complexity index is 1720. The van der Waals surface area contributed by atoms with Crippen LogP contribution in [0.3, 0.4) is 0 Å². The van der Waals surface area contributed by atoms with Crippen LogP contribution >= 0.6 is 11.6 Å². The molecule has 0 aliphatic heterocycles. The predicted molar refractivity (Wildman–Crippen MR) is 206 cm³/mol. The van der Waals surface area contributed by atoms with Crippen LogP contribution in [-0.4, -0.2) is 52.6 Å². The molecule has 0 saturated carbocycles. The predicted octanol–water partition coefficient (Wildman–Crippen LogP) is 6.49. The van der Waals surface area contributed by atoms with Crippen molar-refractivity contribution in [3.05, 3.63) is 121 Å². The molecular formula is C40H43ClN4O8. The van der Waals surface area contributed by atoms with Crippen molar-refractivity contribution in [3.63, 3.8) is 0 Å². The third-order valence-corrected chi connectivity index (χ3v) is 6.46. The summed E-state index contributed by atoms with van der Waals surface area (Å²) in [4.78, 5) is 88.2. The Kier molecular flexibility index (Phi) is 21.7. The quantitative estimate of drug-likeness (QED) is 0.0937. The maximum absolute atomic E-state index is 11.7. The Hall–Kier alpha value is -6.27. The largest absolute Gasteiger partial charge is 0.326 e. The molecule has 4 N–H and O–H groups in total. The van der Waals surface area contributed by atoms with E-state index in [4.69, 9.17) is 11.6 Å². The monoisotopic (exact) mass is 742 g/mol. The third kappa shape index (κ3) is 21.5. The van der Waals surface area contributed by atoms with Gasteiger partial charge in [-0.3, -0.25) is 38.4 Å². The number of rotatable bonds is 12. The fourth-order valence-electron chi connectivity index (χ4n) is 4.00. The van der Waals surface area contributed by atoms with Crippen molar-refractivity contribution >= 4 is 81.1 Å².